The number of nitrogens with zero attached hydrogens (tertiary/aromatic N) is 1. The molecule has 0 fully saturated rings. The van der Waals surface area contributed by atoms with Crippen LogP contribution in [-0.2, 0) is 0 Å². The molecule has 0 radical (unpaired) electrons. The van der Waals surface area contributed by atoms with Crippen LogP contribution in [0.1, 0.15) is 35.2 Å². The Morgan fingerprint density at radius 2 is 2.09 bits per heavy atom. The lowest BCUT2D eigenvalue weighted by atomic mass is 9.99. The van der Waals surface area contributed by atoms with Crippen LogP contribution in [0.3, 0.4) is 0 Å². The van der Waals surface area contributed by atoms with Crippen LogP contribution < -0.4 is 4.90 Å². The quantitative estimate of drug-likeness (QED) is 0.780. The van der Waals surface area contributed by atoms with Crippen molar-refractivity contribution >= 4 is 23.2 Å². The van der Waals surface area contributed by atoms with Crippen LogP contribution in [0.25, 0.3) is 0 Å². The standard InChI is InChI=1S/C17H14ClF2NO/c1-2-10-9-21(15-7-6-11(18)8-13(10)15)17(22)12-4-3-5-14(19)16(12)20/h3-8,10H,2,9H2,1H3. The number of fused-ring (bicyclic) bond motifs is 1. The van der Waals surface area contributed by atoms with Crippen LogP contribution in [0.15, 0.2) is 36.4 Å². The molecule has 1 atom stereocenters. The third-order valence-electron chi connectivity index (χ3n) is 4.04. The third kappa shape index (κ3) is 2.37. The first-order valence-corrected chi connectivity index (χ1v) is 7.46. The van der Waals surface area contributed by atoms with Gasteiger partial charge in [0.15, 0.2) is 11.6 Å². The van der Waals surface area contributed by atoms with E-state index in [1.54, 1.807) is 12.1 Å². The van der Waals surface area contributed by atoms with Crippen LogP contribution in [0.2, 0.25) is 5.02 Å². The molecule has 114 valence electrons. The Bertz CT molecular complexity index is 747. The Morgan fingerprint density at radius 3 is 2.82 bits per heavy atom. The molecule has 0 saturated heterocycles. The van der Waals surface area contributed by atoms with Gasteiger partial charge >= 0.3 is 0 Å². The number of hydrogen-bond acceptors (Lipinski definition) is 1. The predicted molar refractivity (Wildman–Crippen MR) is 82.5 cm³/mol. The Labute approximate surface area is 132 Å². The Kier molecular flexibility index (Phi) is 3.87. The molecule has 0 bridgehead atoms. The zero-order valence-electron chi connectivity index (χ0n) is 11.9. The fraction of sp³-hybridized carbons (Fsp3) is 0.235. The van der Waals surface area contributed by atoms with Crippen molar-refractivity contribution in [2.75, 3.05) is 11.4 Å². The zero-order chi connectivity index (χ0) is 15.9. The van der Waals surface area contributed by atoms with Gasteiger partial charge in [-0.05, 0) is 42.3 Å². The highest BCUT2D eigenvalue weighted by molar-refractivity contribution is 6.30. The number of carbonyl (C=O) groups is 1. The molecule has 1 aliphatic heterocycles. The van der Waals surface area contributed by atoms with Crippen molar-refractivity contribution in [2.24, 2.45) is 0 Å². The van der Waals surface area contributed by atoms with E-state index in [9.17, 15) is 13.6 Å². The van der Waals surface area contributed by atoms with E-state index in [0.717, 1.165) is 18.1 Å². The van der Waals surface area contributed by atoms with Crippen LogP contribution >= 0.6 is 11.6 Å². The maximum atomic E-state index is 13.9. The fourth-order valence-electron chi connectivity index (χ4n) is 2.87. The van der Waals surface area contributed by atoms with Gasteiger partial charge in [0.1, 0.15) is 0 Å². The average Bonchev–Trinajstić information content (AvgIpc) is 2.87. The summed E-state index contributed by atoms with van der Waals surface area (Å²) in [5.74, 6) is -2.51. The third-order valence-corrected chi connectivity index (χ3v) is 4.28. The van der Waals surface area contributed by atoms with Gasteiger partial charge in [0, 0.05) is 23.2 Å². The molecule has 1 unspecified atom stereocenters. The number of amides is 1. The topological polar surface area (TPSA) is 20.3 Å². The highest BCUT2D eigenvalue weighted by atomic mass is 35.5. The van der Waals surface area contributed by atoms with Gasteiger partial charge < -0.3 is 4.90 Å². The Hall–Kier alpha value is -1.94. The van der Waals surface area contributed by atoms with Crippen LogP contribution in [0.4, 0.5) is 14.5 Å². The number of halogens is 3. The summed E-state index contributed by atoms with van der Waals surface area (Å²) < 4.78 is 27.2. The number of benzene rings is 2. The van der Waals surface area contributed by atoms with Gasteiger partial charge in [0.25, 0.3) is 5.91 Å². The van der Waals surface area contributed by atoms with Crippen LogP contribution in [0, 0.1) is 11.6 Å². The van der Waals surface area contributed by atoms with Crippen molar-refractivity contribution in [3.8, 4) is 0 Å². The molecule has 0 spiro atoms. The molecule has 1 aliphatic rings. The summed E-state index contributed by atoms with van der Waals surface area (Å²) in [5, 5.41) is 0.600. The van der Waals surface area contributed by atoms with E-state index in [0.29, 0.717) is 17.3 Å². The van der Waals surface area contributed by atoms with E-state index in [-0.39, 0.29) is 11.5 Å². The first-order chi connectivity index (χ1) is 10.5. The largest absolute Gasteiger partial charge is 0.307 e. The molecule has 2 aromatic rings. The lowest BCUT2D eigenvalue weighted by Crippen LogP contribution is -2.30. The summed E-state index contributed by atoms with van der Waals surface area (Å²) in [6.45, 7) is 2.47. The van der Waals surface area contributed by atoms with Crippen LogP contribution in [0.5, 0.6) is 0 Å². The van der Waals surface area contributed by atoms with Crippen molar-refractivity contribution < 1.29 is 13.6 Å². The Balaban J connectivity index is 2.03. The van der Waals surface area contributed by atoms with Gasteiger partial charge in [-0.1, -0.05) is 24.6 Å². The van der Waals surface area contributed by atoms with E-state index >= 15 is 0 Å². The number of carbonyl (C=O) groups excluding carboxylic acids is 1. The van der Waals surface area contributed by atoms with Gasteiger partial charge in [-0.2, -0.15) is 0 Å². The van der Waals surface area contributed by atoms with Gasteiger partial charge in [-0.3, -0.25) is 4.79 Å². The minimum atomic E-state index is -1.11. The summed E-state index contributed by atoms with van der Waals surface area (Å²) >= 11 is 6.02. The highest BCUT2D eigenvalue weighted by Gasteiger charge is 2.33. The molecule has 22 heavy (non-hydrogen) atoms. The smallest absolute Gasteiger partial charge is 0.261 e. The van der Waals surface area contributed by atoms with E-state index in [4.69, 9.17) is 11.6 Å². The minimum absolute atomic E-state index is 0.147. The molecule has 0 saturated carbocycles. The molecule has 2 nitrogen and oxygen atoms in total. The summed E-state index contributed by atoms with van der Waals surface area (Å²) in [4.78, 5) is 14.1. The summed E-state index contributed by atoms with van der Waals surface area (Å²) in [5.41, 5.74) is 1.43. The first kappa shape index (κ1) is 15.0. The van der Waals surface area contributed by atoms with Crippen LogP contribution in [-0.4, -0.2) is 12.5 Å². The molecular weight excluding hydrogens is 308 g/mol. The van der Waals surface area contributed by atoms with Gasteiger partial charge in [-0.15, -0.1) is 0 Å². The molecule has 2 aromatic carbocycles. The lowest BCUT2D eigenvalue weighted by molar-refractivity contribution is 0.0983. The lowest BCUT2D eigenvalue weighted by Gasteiger charge is -2.18. The summed E-state index contributed by atoms with van der Waals surface area (Å²) in [6, 6.07) is 8.92. The normalized spacial score (nSPS) is 16.7. The molecule has 1 heterocycles. The fourth-order valence-corrected chi connectivity index (χ4v) is 3.05. The van der Waals surface area contributed by atoms with Crippen molar-refractivity contribution in [1.82, 2.24) is 0 Å². The second-order valence-corrected chi connectivity index (χ2v) is 5.76. The average molecular weight is 322 g/mol. The molecular formula is C17H14ClF2NO. The van der Waals surface area contributed by atoms with Gasteiger partial charge in [0.05, 0.1) is 5.56 Å². The van der Waals surface area contributed by atoms with E-state index in [2.05, 4.69) is 0 Å². The monoisotopic (exact) mass is 321 g/mol. The van der Waals surface area contributed by atoms with E-state index in [1.807, 2.05) is 13.0 Å². The van der Waals surface area contributed by atoms with E-state index in [1.165, 1.54) is 17.0 Å². The van der Waals surface area contributed by atoms with Crippen molar-refractivity contribution in [1.29, 1.82) is 0 Å². The van der Waals surface area contributed by atoms with Crippen molar-refractivity contribution in [3.05, 3.63) is 64.2 Å². The molecule has 5 heteroatoms. The number of rotatable bonds is 2. The Morgan fingerprint density at radius 1 is 1.32 bits per heavy atom. The van der Waals surface area contributed by atoms with Gasteiger partial charge in [0.2, 0.25) is 0 Å². The van der Waals surface area contributed by atoms with Crippen molar-refractivity contribution in [2.45, 2.75) is 19.3 Å². The summed E-state index contributed by atoms with van der Waals surface area (Å²) in [7, 11) is 0. The number of hydrogen-bond donors (Lipinski definition) is 0. The zero-order valence-corrected chi connectivity index (χ0v) is 12.7. The van der Waals surface area contributed by atoms with Crippen molar-refractivity contribution in [3.63, 3.8) is 0 Å². The molecule has 1 amide bonds. The second-order valence-electron chi connectivity index (χ2n) is 5.33. The molecule has 3 rings (SSSR count). The maximum Gasteiger partial charge on any atom is 0.261 e. The molecule has 0 N–H and O–H groups in total. The number of anilines is 1. The molecule has 0 aromatic heterocycles. The summed E-state index contributed by atoms with van der Waals surface area (Å²) in [6.07, 6.45) is 0.836. The highest BCUT2D eigenvalue weighted by Crippen LogP contribution is 2.40. The minimum Gasteiger partial charge on any atom is -0.307 e. The SMILES string of the molecule is CCC1CN(C(=O)c2cccc(F)c2F)c2ccc(Cl)cc21. The maximum absolute atomic E-state index is 13.9. The predicted octanol–water partition coefficient (Wildman–Crippen LogP) is 4.77. The first-order valence-electron chi connectivity index (χ1n) is 7.08. The second kappa shape index (κ2) is 5.69. The van der Waals surface area contributed by atoms with Gasteiger partial charge in [-0.25, -0.2) is 8.78 Å². The van der Waals surface area contributed by atoms with E-state index < -0.39 is 17.5 Å². The molecule has 0 aliphatic carbocycles.